The molecule has 0 radical (unpaired) electrons. The average Bonchev–Trinajstić information content (AvgIpc) is 2.77. The van der Waals surface area contributed by atoms with Crippen molar-refractivity contribution in [1.82, 2.24) is 10.4 Å². The van der Waals surface area contributed by atoms with E-state index in [9.17, 15) is 18.0 Å². The minimum atomic E-state index is -4.52. The summed E-state index contributed by atoms with van der Waals surface area (Å²) in [6, 6.07) is 5.72. The van der Waals surface area contributed by atoms with Gasteiger partial charge in [0.15, 0.2) is 0 Å². The van der Waals surface area contributed by atoms with Crippen LogP contribution in [0.4, 0.5) is 13.2 Å². The maximum atomic E-state index is 14.6. The summed E-state index contributed by atoms with van der Waals surface area (Å²) in [5, 5.41) is 1.15. The molecule has 1 aromatic carbocycles. The molecule has 148 valence electrons. The van der Waals surface area contributed by atoms with Crippen LogP contribution in [0.15, 0.2) is 30.3 Å². The molecule has 3 nitrogen and oxygen atoms in total. The number of halogens is 3. The van der Waals surface area contributed by atoms with Crippen LogP contribution in [-0.2, 0) is 11.2 Å². The summed E-state index contributed by atoms with van der Waals surface area (Å²) < 4.78 is 43.7. The number of hydrogen-bond donors (Lipinski definition) is 1. The highest BCUT2D eigenvalue weighted by molar-refractivity contribution is 5.79. The van der Waals surface area contributed by atoms with Crippen molar-refractivity contribution in [2.45, 2.75) is 65.2 Å². The zero-order valence-corrected chi connectivity index (χ0v) is 16.4. The first-order valence-corrected chi connectivity index (χ1v) is 9.21. The number of nitrogens with one attached hydrogen (secondary N) is 1. The molecule has 1 aromatic rings. The van der Waals surface area contributed by atoms with Gasteiger partial charge in [-0.1, -0.05) is 57.2 Å². The Balaban J connectivity index is 2.20. The molecule has 1 aliphatic carbocycles. The summed E-state index contributed by atoms with van der Waals surface area (Å²) >= 11 is 0. The molecule has 3 rings (SSSR count). The van der Waals surface area contributed by atoms with E-state index in [1.165, 1.54) is 0 Å². The van der Waals surface area contributed by atoms with E-state index in [4.69, 9.17) is 0 Å². The van der Waals surface area contributed by atoms with Crippen LogP contribution in [0.1, 0.15) is 52.2 Å². The summed E-state index contributed by atoms with van der Waals surface area (Å²) in [5.41, 5.74) is 1.50. The standard InChI is InChI=1S/C21H27F3N2O/c1-18(2,3)20(11-10-14-8-6-7-9-15(14)12-20)17(21(22,23)24)26-19(4,5)13-16(27)25-26/h6-11,17H,12-13H2,1-5H3,(H,25,27). The second-order valence-corrected chi connectivity index (χ2v) is 9.34. The Bertz CT molecular complexity index is 776. The van der Waals surface area contributed by atoms with Gasteiger partial charge in [-0.05, 0) is 36.8 Å². The lowest BCUT2D eigenvalue weighted by molar-refractivity contribution is -0.240. The normalized spacial score (nSPS) is 26.6. The second kappa shape index (κ2) is 6.09. The van der Waals surface area contributed by atoms with Crippen molar-refractivity contribution < 1.29 is 18.0 Å². The maximum Gasteiger partial charge on any atom is 0.406 e. The van der Waals surface area contributed by atoms with Gasteiger partial charge in [-0.2, -0.15) is 13.2 Å². The van der Waals surface area contributed by atoms with E-state index in [-0.39, 0.29) is 18.7 Å². The van der Waals surface area contributed by atoms with Crippen LogP contribution in [0.3, 0.4) is 0 Å². The minimum Gasteiger partial charge on any atom is -0.288 e. The summed E-state index contributed by atoms with van der Waals surface area (Å²) in [6.45, 7) is 8.89. The fourth-order valence-electron chi connectivity index (χ4n) is 4.47. The molecule has 1 fully saturated rings. The first kappa shape index (κ1) is 19.9. The molecule has 6 heteroatoms. The third kappa shape index (κ3) is 3.28. The molecule has 27 heavy (non-hydrogen) atoms. The van der Waals surface area contributed by atoms with Crippen molar-refractivity contribution in [2.24, 2.45) is 10.8 Å². The third-order valence-corrected chi connectivity index (χ3v) is 6.04. The predicted octanol–water partition coefficient (Wildman–Crippen LogP) is 4.73. The Labute approximate surface area is 158 Å². The first-order valence-electron chi connectivity index (χ1n) is 9.21. The summed E-state index contributed by atoms with van der Waals surface area (Å²) in [4.78, 5) is 12.0. The molecule has 2 aliphatic rings. The predicted molar refractivity (Wildman–Crippen MR) is 99.6 cm³/mol. The number of fused-ring (bicyclic) bond motifs is 1. The molecule has 0 saturated carbocycles. The van der Waals surface area contributed by atoms with E-state index < -0.39 is 28.6 Å². The molecular weight excluding hydrogens is 353 g/mol. The lowest BCUT2D eigenvalue weighted by Gasteiger charge is -2.54. The Morgan fingerprint density at radius 1 is 1.11 bits per heavy atom. The second-order valence-electron chi connectivity index (χ2n) is 9.34. The zero-order valence-electron chi connectivity index (χ0n) is 16.4. The number of benzene rings is 1. The van der Waals surface area contributed by atoms with Gasteiger partial charge < -0.3 is 0 Å². The molecule has 1 aliphatic heterocycles. The van der Waals surface area contributed by atoms with Crippen LogP contribution in [0.2, 0.25) is 0 Å². The smallest absolute Gasteiger partial charge is 0.288 e. The van der Waals surface area contributed by atoms with Crippen molar-refractivity contribution in [3.63, 3.8) is 0 Å². The van der Waals surface area contributed by atoms with Gasteiger partial charge in [-0.25, -0.2) is 5.01 Å². The van der Waals surface area contributed by atoms with Gasteiger partial charge in [0.2, 0.25) is 5.91 Å². The first-order chi connectivity index (χ1) is 12.3. The van der Waals surface area contributed by atoms with Gasteiger partial charge in [0.05, 0.1) is 0 Å². The highest BCUT2D eigenvalue weighted by atomic mass is 19.4. The summed E-state index contributed by atoms with van der Waals surface area (Å²) in [5.74, 6) is -0.376. The SMILES string of the molecule is CC1(C)CC(=O)NN1C(C(F)(F)F)C1(C(C)(C)C)C=Cc2ccccc2C1. The van der Waals surface area contributed by atoms with Crippen LogP contribution in [0.25, 0.3) is 6.08 Å². The number of nitrogens with zero attached hydrogens (tertiary/aromatic N) is 1. The average molecular weight is 380 g/mol. The summed E-state index contributed by atoms with van der Waals surface area (Å²) in [6.07, 6.45) is -0.698. The molecule has 2 unspecified atom stereocenters. The van der Waals surface area contributed by atoms with Crippen LogP contribution in [-0.4, -0.2) is 28.7 Å². The van der Waals surface area contributed by atoms with Crippen LogP contribution in [0.5, 0.6) is 0 Å². The van der Waals surface area contributed by atoms with E-state index in [1.807, 2.05) is 45.0 Å². The van der Waals surface area contributed by atoms with Gasteiger partial charge in [0.25, 0.3) is 0 Å². The maximum absolute atomic E-state index is 14.6. The Morgan fingerprint density at radius 2 is 1.74 bits per heavy atom. The van der Waals surface area contributed by atoms with E-state index in [0.717, 1.165) is 16.1 Å². The lowest BCUT2D eigenvalue weighted by atomic mass is 9.57. The largest absolute Gasteiger partial charge is 0.406 e. The molecule has 0 bridgehead atoms. The van der Waals surface area contributed by atoms with Gasteiger partial charge in [0, 0.05) is 17.4 Å². The highest BCUT2D eigenvalue weighted by Gasteiger charge is 2.64. The number of alkyl halides is 3. The zero-order chi connectivity index (χ0) is 20.3. The molecule has 1 amide bonds. The number of carbonyl (C=O) groups is 1. The number of amides is 1. The van der Waals surface area contributed by atoms with Crippen LogP contribution >= 0.6 is 0 Å². The van der Waals surface area contributed by atoms with E-state index in [0.29, 0.717) is 0 Å². The Hall–Kier alpha value is -1.82. The molecule has 0 aromatic heterocycles. The van der Waals surface area contributed by atoms with E-state index in [2.05, 4.69) is 5.43 Å². The Morgan fingerprint density at radius 3 is 2.26 bits per heavy atom. The molecule has 2 atom stereocenters. The fraction of sp³-hybridized carbons (Fsp3) is 0.571. The lowest BCUT2D eigenvalue weighted by Crippen LogP contribution is -2.66. The quantitative estimate of drug-likeness (QED) is 0.804. The van der Waals surface area contributed by atoms with Gasteiger partial charge >= 0.3 is 6.18 Å². The molecule has 0 spiro atoms. The topological polar surface area (TPSA) is 32.3 Å². The highest BCUT2D eigenvalue weighted by Crippen LogP contribution is 2.55. The van der Waals surface area contributed by atoms with Crippen molar-refractivity contribution in [3.8, 4) is 0 Å². The van der Waals surface area contributed by atoms with E-state index in [1.54, 1.807) is 26.0 Å². The number of hydrogen-bond acceptors (Lipinski definition) is 2. The van der Waals surface area contributed by atoms with Crippen molar-refractivity contribution in [3.05, 3.63) is 41.5 Å². The van der Waals surface area contributed by atoms with Gasteiger partial charge in [-0.15, -0.1) is 0 Å². The van der Waals surface area contributed by atoms with Crippen molar-refractivity contribution in [1.29, 1.82) is 0 Å². The van der Waals surface area contributed by atoms with Gasteiger partial charge in [-0.3, -0.25) is 10.2 Å². The Kier molecular flexibility index (Phi) is 4.50. The molecular formula is C21H27F3N2O. The third-order valence-electron chi connectivity index (χ3n) is 6.04. The summed E-state index contributed by atoms with van der Waals surface area (Å²) in [7, 11) is 0. The molecule has 1 heterocycles. The minimum absolute atomic E-state index is 0.0418. The molecule has 1 saturated heterocycles. The number of carbonyl (C=O) groups excluding carboxylic acids is 1. The number of rotatable bonds is 2. The van der Waals surface area contributed by atoms with Gasteiger partial charge in [0.1, 0.15) is 6.04 Å². The van der Waals surface area contributed by atoms with Crippen molar-refractivity contribution >= 4 is 12.0 Å². The van der Waals surface area contributed by atoms with Crippen LogP contribution < -0.4 is 5.43 Å². The molecule has 1 N–H and O–H groups in total. The van der Waals surface area contributed by atoms with E-state index >= 15 is 0 Å². The fourth-order valence-corrected chi connectivity index (χ4v) is 4.47. The van der Waals surface area contributed by atoms with Crippen LogP contribution in [0, 0.1) is 10.8 Å². The monoisotopic (exact) mass is 380 g/mol. The van der Waals surface area contributed by atoms with Crippen molar-refractivity contribution in [2.75, 3.05) is 0 Å². The number of hydrazine groups is 1.